The van der Waals surface area contributed by atoms with Gasteiger partial charge in [-0.05, 0) is 40.4 Å². The molecule has 1 aliphatic heterocycles. The van der Waals surface area contributed by atoms with Gasteiger partial charge in [0, 0.05) is 18.9 Å². The Kier molecular flexibility index (Phi) is 9.88. The van der Waals surface area contributed by atoms with Crippen LogP contribution in [-0.4, -0.2) is 71.6 Å². The number of piperidine rings is 1. The highest BCUT2D eigenvalue weighted by Crippen LogP contribution is 2.65. The molecule has 6 atom stereocenters. The van der Waals surface area contributed by atoms with Gasteiger partial charge in [-0.25, -0.2) is 9.59 Å². The van der Waals surface area contributed by atoms with Crippen LogP contribution in [0, 0.1) is 39.9 Å². The lowest BCUT2D eigenvalue weighted by Gasteiger charge is -2.38. The number of Topliss-reactive ketones (excluding diaryl/α,β-unsaturated/α-hetero) is 2. The fraction of sp³-hybridized carbons (Fsp3) is 0.750. The van der Waals surface area contributed by atoms with Crippen LogP contribution >= 0.6 is 0 Å². The molecule has 240 valence electrons. The van der Waals surface area contributed by atoms with Crippen LogP contribution in [0.4, 0.5) is 4.79 Å². The molecule has 1 unspecified atom stereocenters. The van der Waals surface area contributed by atoms with Gasteiger partial charge >= 0.3 is 12.0 Å². The summed E-state index contributed by atoms with van der Waals surface area (Å²) >= 11 is 0. The van der Waals surface area contributed by atoms with Crippen molar-refractivity contribution in [2.75, 3.05) is 13.2 Å². The van der Waals surface area contributed by atoms with Gasteiger partial charge in [-0.3, -0.25) is 19.2 Å². The molecule has 11 heteroatoms. The van der Waals surface area contributed by atoms with Gasteiger partial charge in [0.05, 0.1) is 6.04 Å². The summed E-state index contributed by atoms with van der Waals surface area (Å²) in [5.74, 6) is -3.58. The lowest BCUT2D eigenvalue weighted by molar-refractivity contribution is -0.147. The van der Waals surface area contributed by atoms with Gasteiger partial charge in [0.25, 0.3) is 5.91 Å². The summed E-state index contributed by atoms with van der Waals surface area (Å²) in [6, 6.07) is -3.51. The maximum Gasteiger partial charge on any atom is 0.329 e. The number of urea groups is 1. The monoisotopic (exact) mass is 602 g/mol. The number of fused-ring (bicyclic) bond motifs is 1. The maximum absolute atomic E-state index is 14.2. The van der Waals surface area contributed by atoms with E-state index in [1.54, 1.807) is 25.7 Å². The van der Waals surface area contributed by atoms with Crippen molar-refractivity contribution in [2.24, 2.45) is 45.7 Å². The summed E-state index contributed by atoms with van der Waals surface area (Å²) in [6.45, 7) is 18.8. The highest BCUT2D eigenvalue weighted by Gasteiger charge is 2.69. The first-order chi connectivity index (χ1) is 19.7. The number of primary amides is 1. The summed E-state index contributed by atoms with van der Waals surface area (Å²) in [4.78, 5) is 79.9. The number of carbonyl (C=O) groups excluding carboxylic acids is 6. The van der Waals surface area contributed by atoms with Crippen LogP contribution in [0.5, 0.6) is 0 Å². The van der Waals surface area contributed by atoms with Crippen molar-refractivity contribution in [2.45, 2.75) is 99.2 Å². The van der Waals surface area contributed by atoms with Crippen LogP contribution in [0.2, 0.25) is 0 Å². The summed E-state index contributed by atoms with van der Waals surface area (Å²) in [5.41, 5.74) is 3.71. The Hall–Kier alpha value is -3.24. The molecule has 1 heterocycles. The molecule has 2 aliphatic carbocycles. The fourth-order valence-electron chi connectivity index (χ4n) is 6.46. The molecule has 0 aromatic rings. The van der Waals surface area contributed by atoms with E-state index >= 15 is 0 Å². The molecule has 43 heavy (non-hydrogen) atoms. The number of nitrogens with zero attached hydrogens (tertiary/aromatic N) is 1. The minimum Gasteiger partial charge on any atom is -0.460 e. The number of nitrogens with one attached hydrogen (secondary N) is 2. The number of hydrogen-bond acceptors (Lipinski definition) is 7. The van der Waals surface area contributed by atoms with Crippen LogP contribution in [0.15, 0.2) is 12.7 Å². The number of nitrogens with two attached hydrogens (primary N) is 1. The van der Waals surface area contributed by atoms with Crippen molar-refractivity contribution in [1.82, 2.24) is 15.5 Å². The molecule has 3 aliphatic rings. The predicted octanol–water partition coefficient (Wildman–Crippen LogP) is 2.76. The van der Waals surface area contributed by atoms with Crippen LogP contribution in [-0.2, 0) is 28.7 Å². The normalized spacial score (nSPS) is 24.6. The Morgan fingerprint density at radius 1 is 1.00 bits per heavy atom. The molecule has 0 aromatic heterocycles. The van der Waals surface area contributed by atoms with Crippen molar-refractivity contribution < 1.29 is 33.5 Å². The lowest BCUT2D eigenvalue weighted by atomic mass is 9.84. The van der Waals surface area contributed by atoms with E-state index in [1.807, 2.05) is 20.8 Å². The molecule has 2 saturated carbocycles. The van der Waals surface area contributed by atoms with Crippen LogP contribution < -0.4 is 16.4 Å². The highest BCUT2D eigenvalue weighted by atomic mass is 16.5. The average molecular weight is 603 g/mol. The third kappa shape index (κ3) is 7.84. The SMILES string of the molecule is C=CCOC(=O)[C@@H](NC(=O)N[C@H](C(=O)N1C[C@H]2[C@@H]([C@H]1C(=O)CC(CC1CC1)C(=O)C(N)=O)C2(C)C)C(C)(C)C)C(C)(C)C. The van der Waals surface area contributed by atoms with Crippen molar-refractivity contribution in [3.63, 3.8) is 0 Å². The summed E-state index contributed by atoms with van der Waals surface area (Å²) in [6.07, 6.45) is 3.61. The Bertz CT molecular complexity index is 1160. The summed E-state index contributed by atoms with van der Waals surface area (Å²) in [7, 11) is 0. The second-order valence-electron chi connectivity index (χ2n) is 15.3. The molecule has 4 amide bonds. The van der Waals surface area contributed by atoms with Gasteiger partial charge in [-0.1, -0.05) is 80.9 Å². The summed E-state index contributed by atoms with van der Waals surface area (Å²) < 4.78 is 5.18. The minimum absolute atomic E-state index is 0.00652. The minimum atomic E-state index is -1.05. The van der Waals surface area contributed by atoms with Crippen molar-refractivity contribution in [3.05, 3.63) is 12.7 Å². The molecule has 0 spiro atoms. The second kappa shape index (κ2) is 12.4. The van der Waals surface area contributed by atoms with Crippen molar-refractivity contribution in [3.8, 4) is 0 Å². The fourth-order valence-corrected chi connectivity index (χ4v) is 6.46. The number of rotatable bonds is 13. The van der Waals surface area contributed by atoms with Gasteiger partial charge in [0.15, 0.2) is 5.78 Å². The van der Waals surface area contributed by atoms with E-state index in [9.17, 15) is 28.8 Å². The molecular formula is C32H50N4O7. The number of ketones is 2. The highest BCUT2D eigenvalue weighted by molar-refractivity contribution is 6.36. The zero-order chi connectivity index (χ0) is 32.7. The van der Waals surface area contributed by atoms with Gasteiger partial charge in [-0.2, -0.15) is 0 Å². The summed E-state index contributed by atoms with van der Waals surface area (Å²) in [5, 5.41) is 5.44. The Morgan fingerprint density at radius 3 is 2.05 bits per heavy atom. The van der Waals surface area contributed by atoms with Crippen LogP contribution in [0.1, 0.15) is 81.1 Å². The van der Waals surface area contributed by atoms with Crippen molar-refractivity contribution >= 4 is 35.4 Å². The van der Waals surface area contributed by atoms with E-state index < -0.39 is 64.5 Å². The van der Waals surface area contributed by atoms with E-state index in [1.165, 1.54) is 6.08 Å². The average Bonchev–Trinajstić information content (AvgIpc) is 3.73. The Balaban J connectivity index is 1.82. The number of esters is 1. The molecule has 4 N–H and O–H groups in total. The lowest BCUT2D eigenvalue weighted by Crippen LogP contribution is -2.61. The number of ether oxygens (including phenoxy) is 1. The third-order valence-corrected chi connectivity index (χ3v) is 9.31. The first kappa shape index (κ1) is 34.3. The van der Waals surface area contributed by atoms with Gasteiger partial charge in [0.2, 0.25) is 11.7 Å². The number of hydrogen-bond donors (Lipinski definition) is 3. The van der Waals surface area contributed by atoms with E-state index in [0.29, 0.717) is 18.9 Å². The second-order valence-corrected chi connectivity index (χ2v) is 15.3. The zero-order valence-corrected chi connectivity index (χ0v) is 27.0. The van der Waals surface area contributed by atoms with Crippen LogP contribution in [0.3, 0.4) is 0 Å². The van der Waals surface area contributed by atoms with E-state index in [-0.39, 0.29) is 36.1 Å². The van der Waals surface area contributed by atoms with E-state index in [0.717, 1.165) is 12.8 Å². The molecule has 0 aromatic carbocycles. The van der Waals surface area contributed by atoms with Gasteiger partial charge < -0.3 is 26.0 Å². The molecular weight excluding hydrogens is 552 g/mol. The van der Waals surface area contributed by atoms with E-state index in [4.69, 9.17) is 10.5 Å². The molecule has 0 radical (unpaired) electrons. The van der Waals surface area contributed by atoms with Crippen molar-refractivity contribution in [1.29, 1.82) is 0 Å². The number of amides is 4. The smallest absolute Gasteiger partial charge is 0.329 e. The molecule has 0 bridgehead atoms. The molecule has 3 fully saturated rings. The predicted molar refractivity (Wildman–Crippen MR) is 160 cm³/mol. The topological polar surface area (TPSA) is 165 Å². The number of likely N-dealkylation sites (tertiary alicyclic amines) is 1. The molecule has 11 nitrogen and oxygen atoms in total. The first-order valence-electron chi connectivity index (χ1n) is 15.2. The number of carbonyl (C=O) groups is 6. The largest absolute Gasteiger partial charge is 0.460 e. The first-order valence-corrected chi connectivity index (χ1v) is 15.2. The van der Waals surface area contributed by atoms with Crippen LogP contribution in [0.25, 0.3) is 0 Å². The third-order valence-electron chi connectivity index (χ3n) is 9.31. The Morgan fingerprint density at radius 2 is 1.56 bits per heavy atom. The van der Waals surface area contributed by atoms with Gasteiger partial charge in [-0.15, -0.1) is 0 Å². The standard InChI is InChI=1S/C32H50N4O7/c1-10-13-43-28(41)25(31(5,6)7)35-29(42)34-24(30(2,3)4)27(40)36-16-19-21(32(19,8)9)22(36)20(37)15-18(14-17-11-12-17)23(38)26(33)39/h10,17-19,21-22,24-25H,1,11-16H2,2-9H3,(H2,33,39)(H2,34,35,42)/t18?,19-,21-,22+,24+,25+/m0/s1. The maximum atomic E-state index is 14.2. The Labute approximate surface area is 255 Å². The molecule has 1 saturated heterocycles. The van der Waals surface area contributed by atoms with Gasteiger partial charge in [0.1, 0.15) is 18.7 Å². The van der Waals surface area contributed by atoms with E-state index in [2.05, 4.69) is 31.1 Å². The zero-order valence-electron chi connectivity index (χ0n) is 27.0. The quantitative estimate of drug-likeness (QED) is 0.166. The molecule has 3 rings (SSSR count).